The molecule has 2 aliphatic heterocycles. The highest BCUT2D eigenvalue weighted by Crippen LogP contribution is 2.51. The molecule has 1 atom stereocenters. The molecule has 3 heterocycles. The highest BCUT2D eigenvalue weighted by molar-refractivity contribution is 6.44. The molecule has 1 saturated heterocycles. The molecular weight excluding hydrogens is 498 g/mol. The third kappa shape index (κ3) is 4.06. The van der Waals surface area contributed by atoms with Gasteiger partial charge in [-0.3, -0.25) is 0 Å². The Bertz CT molecular complexity index is 1330. The molecule has 1 N–H and O–H groups in total. The second-order valence-electron chi connectivity index (χ2n) is 9.47. The van der Waals surface area contributed by atoms with Gasteiger partial charge in [-0.05, 0) is 32.9 Å². The van der Waals surface area contributed by atoms with Crippen LogP contribution in [0.2, 0.25) is 10.0 Å². The van der Waals surface area contributed by atoms with Crippen LogP contribution in [0.4, 0.5) is 15.0 Å². The fourth-order valence-electron chi connectivity index (χ4n) is 4.47. The summed E-state index contributed by atoms with van der Waals surface area (Å²) in [6, 6.07) is 3.70. The zero-order valence-corrected chi connectivity index (χ0v) is 20.8. The maximum Gasteiger partial charge on any atom is 0.410 e. The monoisotopic (exact) mass is 520 g/mol. The van der Waals surface area contributed by atoms with Gasteiger partial charge in [0.15, 0.2) is 5.75 Å². The molecule has 1 amide bonds. The van der Waals surface area contributed by atoms with Crippen molar-refractivity contribution in [3.8, 4) is 22.6 Å². The number of fused-ring (bicyclic) bond motifs is 2. The Labute approximate surface area is 211 Å². The van der Waals surface area contributed by atoms with E-state index in [1.54, 1.807) is 4.90 Å². The highest BCUT2D eigenvalue weighted by atomic mass is 35.5. The van der Waals surface area contributed by atoms with Crippen LogP contribution in [0.1, 0.15) is 20.8 Å². The van der Waals surface area contributed by atoms with E-state index in [4.69, 9.17) is 32.7 Å². The molecule has 1 fully saturated rings. The van der Waals surface area contributed by atoms with E-state index >= 15 is 0 Å². The number of aromatic nitrogens is 2. The predicted molar refractivity (Wildman–Crippen MR) is 131 cm³/mol. The van der Waals surface area contributed by atoms with Crippen LogP contribution in [0.3, 0.4) is 0 Å². The van der Waals surface area contributed by atoms with Gasteiger partial charge in [-0.25, -0.2) is 19.2 Å². The van der Waals surface area contributed by atoms with Crippen molar-refractivity contribution in [2.75, 3.05) is 31.1 Å². The number of hydrogen-bond acceptors (Lipinski definition) is 7. The normalized spacial score (nSPS) is 17.6. The molecule has 8 nitrogen and oxygen atoms in total. The predicted octanol–water partition coefficient (Wildman–Crippen LogP) is 5.27. The van der Waals surface area contributed by atoms with Crippen LogP contribution >= 0.6 is 23.2 Å². The lowest BCUT2D eigenvalue weighted by molar-refractivity contribution is 0.0202. The average molecular weight is 521 g/mol. The molecule has 184 valence electrons. The number of aromatic hydroxyl groups is 1. The molecule has 35 heavy (non-hydrogen) atoms. The lowest BCUT2D eigenvalue weighted by Gasteiger charge is -2.41. The van der Waals surface area contributed by atoms with E-state index in [0.29, 0.717) is 36.4 Å². The number of amides is 1. The molecule has 5 rings (SSSR count). The minimum Gasteiger partial charge on any atom is -0.507 e. The Balaban J connectivity index is 1.60. The molecule has 0 radical (unpaired) electrons. The number of nitrogens with zero attached hydrogens (tertiary/aromatic N) is 4. The van der Waals surface area contributed by atoms with Crippen molar-refractivity contribution in [1.29, 1.82) is 0 Å². The summed E-state index contributed by atoms with van der Waals surface area (Å²) in [6.07, 6.45) is 0.972. The van der Waals surface area contributed by atoms with Crippen LogP contribution in [-0.4, -0.2) is 64.0 Å². The van der Waals surface area contributed by atoms with Crippen LogP contribution in [-0.2, 0) is 4.74 Å². The maximum absolute atomic E-state index is 14.8. The van der Waals surface area contributed by atoms with E-state index in [2.05, 4.69) is 9.97 Å². The van der Waals surface area contributed by atoms with Crippen LogP contribution in [0, 0.1) is 5.82 Å². The quantitative estimate of drug-likeness (QED) is 0.467. The molecule has 0 saturated carbocycles. The second kappa shape index (κ2) is 8.57. The molecule has 0 aliphatic carbocycles. The van der Waals surface area contributed by atoms with E-state index in [1.807, 2.05) is 25.7 Å². The van der Waals surface area contributed by atoms with Crippen molar-refractivity contribution in [1.82, 2.24) is 14.9 Å². The SMILES string of the molecule is CC(C)(C)OC(=O)N1CCN2c3ncnc4c(Cl)c(-c5c(O)cccc5F)c(Cl)c(c34)OC[C@@H]2C1. The van der Waals surface area contributed by atoms with Crippen molar-refractivity contribution in [3.05, 3.63) is 40.4 Å². The number of rotatable bonds is 1. The number of ether oxygens (including phenoxy) is 2. The molecule has 1 aromatic heterocycles. The van der Waals surface area contributed by atoms with Crippen LogP contribution < -0.4 is 9.64 Å². The van der Waals surface area contributed by atoms with Crippen LogP contribution in [0.25, 0.3) is 22.0 Å². The molecule has 3 aromatic rings. The molecular formula is C24H23Cl2FN4O4. The largest absolute Gasteiger partial charge is 0.507 e. The highest BCUT2D eigenvalue weighted by Gasteiger charge is 2.38. The number of phenols is 1. The van der Waals surface area contributed by atoms with Gasteiger partial charge in [-0.2, -0.15) is 0 Å². The van der Waals surface area contributed by atoms with E-state index in [-0.39, 0.29) is 45.3 Å². The number of halogens is 3. The molecule has 2 aliphatic rings. The summed E-state index contributed by atoms with van der Waals surface area (Å²) in [4.78, 5) is 25.2. The van der Waals surface area contributed by atoms with Crippen molar-refractivity contribution in [2.24, 2.45) is 0 Å². The Hall–Kier alpha value is -3.04. The number of anilines is 1. The van der Waals surface area contributed by atoms with Crippen molar-refractivity contribution in [3.63, 3.8) is 0 Å². The minimum atomic E-state index is -0.686. The van der Waals surface area contributed by atoms with Gasteiger partial charge < -0.3 is 24.4 Å². The summed E-state index contributed by atoms with van der Waals surface area (Å²) in [5.41, 5.74) is -0.333. The van der Waals surface area contributed by atoms with Crippen molar-refractivity contribution in [2.45, 2.75) is 32.4 Å². The van der Waals surface area contributed by atoms with E-state index in [9.17, 15) is 14.3 Å². The Kier molecular flexibility index (Phi) is 5.80. The smallest absolute Gasteiger partial charge is 0.410 e. The summed E-state index contributed by atoms with van der Waals surface area (Å²) in [5, 5.41) is 11.0. The Morgan fingerprint density at radius 3 is 2.69 bits per heavy atom. The zero-order chi connectivity index (χ0) is 25.1. The fourth-order valence-corrected chi connectivity index (χ4v) is 5.19. The topological polar surface area (TPSA) is 88.0 Å². The molecule has 0 bridgehead atoms. The Morgan fingerprint density at radius 2 is 1.97 bits per heavy atom. The van der Waals surface area contributed by atoms with E-state index < -0.39 is 17.5 Å². The summed E-state index contributed by atoms with van der Waals surface area (Å²) in [6.45, 7) is 6.89. The van der Waals surface area contributed by atoms with Gasteiger partial charge in [-0.1, -0.05) is 29.3 Å². The van der Waals surface area contributed by atoms with E-state index in [0.717, 1.165) is 0 Å². The van der Waals surface area contributed by atoms with Crippen LogP contribution in [0.5, 0.6) is 11.5 Å². The van der Waals surface area contributed by atoms with Gasteiger partial charge in [-0.15, -0.1) is 0 Å². The molecule has 0 spiro atoms. The van der Waals surface area contributed by atoms with Gasteiger partial charge in [0, 0.05) is 25.2 Å². The first-order chi connectivity index (χ1) is 16.6. The number of benzene rings is 2. The first-order valence-electron chi connectivity index (χ1n) is 11.1. The summed E-state index contributed by atoms with van der Waals surface area (Å²) < 4.78 is 26.5. The van der Waals surface area contributed by atoms with Gasteiger partial charge in [0.25, 0.3) is 0 Å². The summed E-state index contributed by atoms with van der Waals surface area (Å²) in [5.74, 6) is -0.190. The first-order valence-corrected chi connectivity index (χ1v) is 11.8. The van der Waals surface area contributed by atoms with Crippen molar-refractivity contribution < 1.29 is 23.8 Å². The third-order valence-corrected chi connectivity index (χ3v) is 6.70. The van der Waals surface area contributed by atoms with Gasteiger partial charge in [0.05, 0.1) is 32.6 Å². The standard InChI is InChI=1S/C24H23Cl2FN4O4/c1-24(2,3)35-23(33)30-7-8-31-12(9-30)10-34-21-17-20(28-11-29-22(17)31)18(25)16(19(21)26)15-13(27)5-4-6-14(15)32/h4-6,11-12,32H,7-10H2,1-3H3/t12-/m0/s1. The number of piperazine rings is 1. The zero-order valence-electron chi connectivity index (χ0n) is 19.3. The number of carbonyl (C=O) groups excluding carboxylic acids is 1. The van der Waals surface area contributed by atoms with Gasteiger partial charge >= 0.3 is 6.09 Å². The fraction of sp³-hybridized carbons (Fsp3) is 0.375. The number of hydrogen-bond donors (Lipinski definition) is 1. The van der Waals surface area contributed by atoms with Gasteiger partial charge in [0.1, 0.15) is 35.9 Å². The molecule has 0 unspecified atom stereocenters. The molecule has 2 aromatic carbocycles. The lowest BCUT2D eigenvalue weighted by Crippen LogP contribution is -2.57. The summed E-state index contributed by atoms with van der Waals surface area (Å²) in [7, 11) is 0. The number of phenolic OH excluding ortho intramolecular Hbond substituents is 1. The third-order valence-electron chi connectivity index (χ3n) is 5.97. The lowest BCUT2D eigenvalue weighted by atomic mass is 10.0. The van der Waals surface area contributed by atoms with Gasteiger partial charge in [0.2, 0.25) is 0 Å². The second-order valence-corrected chi connectivity index (χ2v) is 10.2. The maximum atomic E-state index is 14.8. The Morgan fingerprint density at radius 1 is 1.20 bits per heavy atom. The average Bonchev–Trinajstić information content (AvgIpc) is 2.95. The molecule has 11 heteroatoms. The van der Waals surface area contributed by atoms with Crippen LogP contribution in [0.15, 0.2) is 24.5 Å². The van der Waals surface area contributed by atoms with Crippen molar-refractivity contribution >= 4 is 46.0 Å². The number of carbonyl (C=O) groups is 1. The van der Waals surface area contributed by atoms with E-state index in [1.165, 1.54) is 24.5 Å². The summed E-state index contributed by atoms with van der Waals surface area (Å²) >= 11 is 13.5. The minimum absolute atomic E-state index is 0.0443. The first kappa shape index (κ1) is 23.7.